The maximum atomic E-state index is 12.7. The minimum atomic E-state index is -0.582. The summed E-state index contributed by atoms with van der Waals surface area (Å²) in [7, 11) is 0. The predicted octanol–water partition coefficient (Wildman–Crippen LogP) is 3.39. The second-order valence-electron chi connectivity index (χ2n) is 8.13. The summed E-state index contributed by atoms with van der Waals surface area (Å²) in [6, 6.07) is 0. The summed E-state index contributed by atoms with van der Waals surface area (Å²) >= 11 is 0. The summed E-state index contributed by atoms with van der Waals surface area (Å²) in [5.41, 5.74) is 2.15. The Morgan fingerprint density at radius 1 is 1.22 bits per heavy atom. The Morgan fingerprint density at radius 3 is 2.48 bits per heavy atom. The van der Waals surface area contributed by atoms with Crippen molar-refractivity contribution in [3.05, 3.63) is 34.9 Å². The van der Waals surface area contributed by atoms with Gasteiger partial charge in [-0.1, -0.05) is 51.0 Å². The van der Waals surface area contributed by atoms with E-state index in [1.165, 1.54) is 5.57 Å². The first-order valence-electron chi connectivity index (χ1n) is 8.54. The van der Waals surface area contributed by atoms with Crippen molar-refractivity contribution < 1.29 is 14.7 Å². The molecule has 0 aromatic rings. The van der Waals surface area contributed by atoms with Crippen molar-refractivity contribution in [2.75, 3.05) is 0 Å². The van der Waals surface area contributed by atoms with E-state index in [1.807, 2.05) is 18.2 Å². The van der Waals surface area contributed by atoms with E-state index in [1.54, 1.807) is 0 Å². The van der Waals surface area contributed by atoms with Crippen molar-refractivity contribution in [2.45, 2.75) is 53.1 Å². The van der Waals surface area contributed by atoms with E-state index in [4.69, 9.17) is 0 Å². The van der Waals surface area contributed by atoms with Gasteiger partial charge in [-0.3, -0.25) is 9.59 Å². The average molecular weight is 314 g/mol. The van der Waals surface area contributed by atoms with Crippen LogP contribution in [0.15, 0.2) is 34.9 Å². The van der Waals surface area contributed by atoms with Crippen molar-refractivity contribution in [3.8, 4) is 0 Å². The van der Waals surface area contributed by atoms with Gasteiger partial charge in [0.1, 0.15) is 6.29 Å². The lowest BCUT2D eigenvalue weighted by atomic mass is 9.53. The number of carbonyl (C=O) groups excluding carboxylic acids is 2. The summed E-state index contributed by atoms with van der Waals surface area (Å²) in [6.07, 6.45) is 7.88. The Kier molecular flexibility index (Phi) is 3.75. The molecule has 0 radical (unpaired) electrons. The molecule has 0 aromatic carbocycles. The molecule has 0 aliphatic heterocycles. The number of rotatable bonds is 2. The van der Waals surface area contributed by atoms with Gasteiger partial charge in [0.25, 0.3) is 0 Å². The number of hydrogen-bond donors (Lipinski definition) is 1. The maximum absolute atomic E-state index is 12.7. The molecule has 4 atom stereocenters. The third-order valence-electron chi connectivity index (χ3n) is 6.42. The lowest BCUT2D eigenvalue weighted by molar-refractivity contribution is -0.126. The van der Waals surface area contributed by atoms with E-state index in [9.17, 15) is 14.7 Å². The van der Waals surface area contributed by atoms with Gasteiger partial charge in [-0.25, -0.2) is 0 Å². The van der Waals surface area contributed by atoms with Gasteiger partial charge in [0.15, 0.2) is 5.78 Å². The molecule has 3 nitrogen and oxygen atoms in total. The molecule has 3 rings (SSSR count). The van der Waals surface area contributed by atoms with Crippen LogP contribution in [0.1, 0.15) is 47.0 Å². The molecule has 1 saturated carbocycles. The van der Waals surface area contributed by atoms with Crippen molar-refractivity contribution in [3.63, 3.8) is 0 Å². The van der Waals surface area contributed by atoms with E-state index in [-0.39, 0.29) is 17.1 Å². The molecule has 0 heterocycles. The molecule has 0 aromatic heterocycles. The van der Waals surface area contributed by atoms with Crippen molar-refractivity contribution in [1.29, 1.82) is 0 Å². The molecule has 0 bridgehead atoms. The molecule has 3 heteroatoms. The zero-order chi connectivity index (χ0) is 17.0. The van der Waals surface area contributed by atoms with E-state index in [0.29, 0.717) is 17.9 Å². The Morgan fingerprint density at radius 2 is 1.87 bits per heavy atom. The van der Waals surface area contributed by atoms with Gasteiger partial charge in [0.2, 0.25) is 0 Å². The van der Waals surface area contributed by atoms with E-state index < -0.39 is 11.5 Å². The molecule has 0 spiro atoms. The molecule has 23 heavy (non-hydrogen) atoms. The highest BCUT2D eigenvalue weighted by Gasteiger charge is 2.57. The zero-order valence-corrected chi connectivity index (χ0v) is 14.4. The topological polar surface area (TPSA) is 54.4 Å². The van der Waals surface area contributed by atoms with Crippen LogP contribution in [0.3, 0.4) is 0 Å². The lowest BCUT2D eigenvalue weighted by Crippen LogP contribution is -2.47. The van der Waals surface area contributed by atoms with Crippen LogP contribution in [-0.4, -0.2) is 23.3 Å². The van der Waals surface area contributed by atoms with E-state index in [0.717, 1.165) is 24.7 Å². The number of hydrogen-bond acceptors (Lipinski definition) is 3. The fourth-order valence-electron chi connectivity index (χ4n) is 4.64. The molecule has 0 amide bonds. The van der Waals surface area contributed by atoms with Gasteiger partial charge in [-0.2, -0.15) is 0 Å². The molecule has 3 aliphatic carbocycles. The number of fused-ring (bicyclic) bond motifs is 3. The van der Waals surface area contributed by atoms with Crippen LogP contribution >= 0.6 is 0 Å². The van der Waals surface area contributed by atoms with Gasteiger partial charge < -0.3 is 5.11 Å². The van der Waals surface area contributed by atoms with Gasteiger partial charge in [0.05, 0.1) is 6.10 Å². The SMILES string of the molecule is CC(C)C1=CC(=O)[C@]2(C)CC[C@]3(C)C(=CC=C(C=O)C[C@@H]3O)[C@H]12. The molecule has 1 fully saturated rings. The summed E-state index contributed by atoms with van der Waals surface area (Å²) in [4.78, 5) is 23.9. The number of aliphatic hydroxyl groups is 1. The lowest BCUT2D eigenvalue weighted by Gasteiger charge is -2.50. The third-order valence-corrected chi connectivity index (χ3v) is 6.42. The molecular weight excluding hydrogens is 288 g/mol. The van der Waals surface area contributed by atoms with Crippen LogP contribution in [-0.2, 0) is 9.59 Å². The fraction of sp³-hybridized carbons (Fsp3) is 0.600. The average Bonchev–Trinajstić information content (AvgIpc) is 2.69. The molecular formula is C20H26O3. The molecule has 1 N–H and O–H groups in total. The number of aliphatic hydroxyl groups excluding tert-OH is 1. The number of allylic oxidation sites excluding steroid dienone is 4. The first kappa shape index (κ1) is 16.4. The summed E-state index contributed by atoms with van der Waals surface area (Å²) in [5, 5.41) is 10.8. The van der Waals surface area contributed by atoms with Gasteiger partial charge in [0, 0.05) is 23.2 Å². The highest BCUT2D eigenvalue weighted by Crippen LogP contribution is 2.61. The van der Waals surface area contributed by atoms with Crippen LogP contribution in [0.2, 0.25) is 0 Å². The smallest absolute Gasteiger partial charge is 0.162 e. The second-order valence-corrected chi connectivity index (χ2v) is 8.13. The highest BCUT2D eigenvalue weighted by atomic mass is 16.3. The molecule has 0 saturated heterocycles. The van der Waals surface area contributed by atoms with Crippen LogP contribution in [0, 0.1) is 22.7 Å². The van der Waals surface area contributed by atoms with Gasteiger partial charge in [-0.15, -0.1) is 0 Å². The normalized spacial score (nSPS) is 39.9. The van der Waals surface area contributed by atoms with Crippen molar-refractivity contribution >= 4 is 12.1 Å². The first-order valence-corrected chi connectivity index (χ1v) is 8.54. The number of aldehydes is 1. The van der Waals surface area contributed by atoms with Gasteiger partial charge >= 0.3 is 0 Å². The van der Waals surface area contributed by atoms with Gasteiger partial charge in [-0.05, 0) is 30.4 Å². The van der Waals surface area contributed by atoms with Crippen LogP contribution in [0.4, 0.5) is 0 Å². The quantitative estimate of drug-likeness (QED) is 0.795. The monoisotopic (exact) mass is 314 g/mol. The van der Waals surface area contributed by atoms with Crippen molar-refractivity contribution in [1.82, 2.24) is 0 Å². The Hall–Kier alpha value is -1.48. The molecule has 3 aliphatic rings. The Bertz CT molecular complexity index is 652. The Balaban J connectivity index is 2.17. The first-order chi connectivity index (χ1) is 10.7. The third kappa shape index (κ3) is 2.20. The largest absolute Gasteiger partial charge is 0.392 e. The summed E-state index contributed by atoms with van der Waals surface area (Å²) in [5.74, 6) is 0.557. The second kappa shape index (κ2) is 5.27. The minimum absolute atomic E-state index is 0.0469. The highest BCUT2D eigenvalue weighted by molar-refractivity contribution is 5.99. The Labute approximate surface area is 138 Å². The summed E-state index contributed by atoms with van der Waals surface area (Å²) in [6.45, 7) is 8.40. The van der Waals surface area contributed by atoms with Crippen LogP contribution < -0.4 is 0 Å². The maximum Gasteiger partial charge on any atom is 0.162 e. The fourth-order valence-corrected chi connectivity index (χ4v) is 4.64. The zero-order valence-electron chi connectivity index (χ0n) is 14.4. The predicted molar refractivity (Wildman–Crippen MR) is 89.7 cm³/mol. The van der Waals surface area contributed by atoms with Crippen molar-refractivity contribution in [2.24, 2.45) is 22.7 Å². The molecule has 0 unspecified atom stereocenters. The standard InChI is InChI=1S/C20H26O3/c1-12(2)14-10-17(23)20(4)8-7-19(3)15(18(14)20)6-5-13(11-21)9-16(19)22/h5-6,10-12,16,18,22H,7-9H2,1-4H3/t16-,18-,19+,20-/m0/s1. The van der Waals surface area contributed by atoms with Crippen LogP contribution in [0.5, 0.6) is 0 Å². The summed E-state index contributed by atoms with van der Waals surface area (Å²) < 4.78 is 0. The van der Waals surface area contributed by atoms with E-state index in [2.05, 4.69) is 27.7 Å². The van der Waals surface area contributed by atoms with E-state index >= 15 is 0 Å². The number of carbonyl (C=O) groups is 2. The molecule has 124 valence electrons. The number of ketones is 1. The van der Waals surface area contributed by atoms with Crippen LogP contribution in [0.25, 0.3) is 0 Å². The minimum Gasteiger partial charge on any atom is -0.392 e.